The van der Waals surface area contributed by atoms with Crippen LogP contribution in [0.15, 0.2) is 12.1 Å². The van der Waals surface area contributed by atoms with E-state index in [1.54, 1.807) is 0 Å². The second-order valence-electron chi connectivity index (χ2n) is 6.72. The summed E-state index contributed by atoms with van der Waals surface area (Å²) in [4.78, 5) is 11.4. The molecule has 3 rings (SSSR count). The lowest BCUT2D eigenvalue weighted by Crippen LogP contribution is -2.31. The molecule has 108 valence electrons. The fourth-order valence-electron chi connectivity index (χ4n) is 3.35. The van der Waals surface area contributed by atoms with E-state index in [0.29, 0.717) is 23.6 Å². The van der Waals surface area contributed by atoms with Crippen molar-refractivity contribution in [3.63, 3.8) is 0 Å². The summed E-state index contributed by atoms with van der Waals surface area (Å²) in [6.45, 7) is 4.62. The predicted octanol–water partition coefficient (Wildman–Crippen LogP) is 3.14. The SMILES string of the molecule is CC1(C)CCCC1Nc1cc2c(cc1N)NC(=O)CC2. The van der Waals surface area contributed by atoms with E-state index in [1.165, 1.54) is 24.8 Å². The van der Waals surface area contributed by atoms with Crippen LogP contribution in [0.4, 0.5) is 17.1 Å². The van der Waals surface area contributed by atoms with E-state index in [-0.39, 0.29) is 5.91 Å². The third-order valence-electron chi connectivity index (χ3n) is 4.76. The number of fused-ring (bicyclic) bond motifs is 1. The van der Waals surface area contributed by atoms with Crippen LogP contribution in [0.25, 0.3) is 0 Å². The second-order valence-corrected chi connectivity index (χ2v) is 6.72. The Balaban J connectivity index is 1.86. The summed E-state index contributed by atoms with van der Waals surface area (Å²) in [7, 11) is 0. The topological polar surface area (TPSA) is 67.2 Å². The highest BCUT2D eigenvalue weighted by atomic mass is 16.1. The van der Waals surface area contributed by atoms with Crippen molar-refractivity contribution < 1.29 is 4.79 Å². The minimum atomic E-state index is 0.0783. The van der Waals surface area contributed by atoms with Crippen LogP contribution in [0.5, 0.6) is 0 Å². The number of anilines is 3. The van der Waals surface area contributed by atoms with Gasteiger partial charge in [-0.1, -0.05) is 20.3 Å². The maximum Gasteiger partial charge on any atom is 0.224 e. The number of rotatable bonds is 2. The lowest BCUT2D eigenvalue weighted by Gasteiger charge is -2.30. The number of amides is 1. The molecule has 1 aromatic rings. The molecule has 4 nitrogen and oxygen atoms in total. The summed E-state index contributed by atoms with van der Waals surface area (Å²) >= 11 is 0. The summed E-state index contributed by atoms with van der Waals surface area (Å²) < 4.78 is 0. The van der Waals surface area contributed by atoms with Crippen molar-refractivity contribution in [1.82, 2.24) is 0 Å². The first-order valence-corrected chi connectivity index (χ1v) is 7.44. The number of benzene rings is 1. The van der Waals surface area contributed by atoms with Gasteiger partial charge in [-0.2, -0.15) is 0 Å². The molecule has 1 atom stereocenters. The average Bonchev–Trinajstić information content (AvgIpc) is 2.70. The number of hydrogen-bond donors (Lipinski definition) is 3. The molecule has 4 N–H and O–H groups in total. The molecule has 1 aliphatic carbocycles. The summed E-state index contributed by atoms with van der Waals surface area (Å²) in [6.07, 6.45) is 5.08. The molecule has 1 unspecified atom stereocenters. The Morgan fingerprint density at radius 2 is 2.15 bits per heavy atom. The van der Waals surface area contributed by atoms with Crippen LogP contribution < -0.4 is 16.4 Å². The van der Waals surface area contributed by atoms with Crippen LogP contribution in [-0.2, 0) is 11.2 Å². The van der Waals surface area contributed by atoms with Gasteiger partial charge in [0.2, 0.25) is 5.91 Å². The molecule has 2 aliphatic rings. The van der Waals surface area contributed by atoms with Gasteiger partial charge in [-0.3, -0.25) is 4.79 Å². The molecular formula is C16H23N3O. The molecule has 0 radical (unpaired) electrons. The molecule has 1 amide bonds. The van der Waals surface area contributed by atoms with Gasteiger partial charge in [0.15, 0.2) is 0 Å². The monoisotopic (exact) mass is 273 g/mol. The van der Waals surface area contributed by atoms with Crippen LogP contribution in [-0.4, -0.2) is 11.9 Å². The molecule has 0 saturated heterocycles. The van der Waals surface area contributed by atoms with E-state index in [4.69, 9.17) is 5.73 Å². The van der Waals surface area contributed by atoms with Crippen molar-refractivity contribution in [2.45, 2.75) is 52.0 Å². The Morgan fingerprint density at radius 3 is 2.85 bits per heavy atom. The van der Waals surface area contributed by atoms with Gasteiger partial charge in [-0.15, -0.1) is 0 Å². The molecule has 0 aromatic heterocycles. The van der Waals surface area contributed by atoms with Gasteiger partial charge in [0, 0.05) is 18.2 Å². The molecule has 1 saturated carbocycles. The normalized spacial score (nSPS) is 24.1. The quantitative estimate of drug-likeness (QED) is 0.725. The molecule has 1 heterocycles. The zero-order valence-corrected chi connectivity index (χ0v) is 12.3. The number of nitrogen functional groups attached to an aromatic ring is 1. The van der Waals surface area contributed by atoms with Crippen molar-refractivity contribution in [3.05, 3.63) is 17.7 Å². The second kappa shape index (κ2) is 4.69. The summed E-state index contributed by atoms with van der Waals surface area (Å²) in [5, 5.41) is 6.51. The van der Waals surface area contributed by atoms with E-state index >= 15 is 0 Å². The molecule has 4 heteroatoms. The number of nitrogens with one attached hydrogen (secondary N) is 2. The number of carbonyl (C=O) groups is 1. The molecule has 1 aliphatic heterocycles. The van der Waals surface area contributed by atoms with Crippen molar-refractivity contribution in [3.8, 4) is 0 Å². The highest BCUT2D eigenvalue weighted by Gasteiger charge is 2.34. The van der Waals surface area contributed by atoms with Gasteiger partial charge in [0.25, 0.3) is 0 Å². The van der Waals surface area contributed by atoms with E-state index in [9.17, 15) is 4.79 Å². The number of aryl methyl sites for hydroxylation is 1. The Kier molecular flexibility index (Phi) is 3.11. The highest BCUT2D eigenvalue weighted by molar-refractivity contribution is 5.95. The fraction of sp³-hybridized carbons (Fsp3) is 0.562. The number of hydrogen-bond acceptors (Lipinski definition) is 3. The summed E-state index contributed by atoms with van der Waals surface area (Å²) in [5.41, 5.74) is 10.2. The maximum absolute atomic E-state index is 11.4. The van der Waals surface area contributed by atoms with Gasteiger partial charge in [0.05, 0.1) is 11.4 Å². The first kappa shape index (κ1) is 13.3. The van der Waals surface area contributed by atoms with Crippen molar-refractivity contribution in [1.29, 1.82) is 0 Å². The standard InChI is InChI=1S/C16H23N3O/c1-16(2)7-3-4-14(16)18-13-8-10-5-6-15(20)19-12(10)9-11(13)17/h8-9,14,18H,3-7,17H2,1-2H3,(H,19,20). The third-order valence-corrected chi connectivity index (χ3v) is 4.76. The lowest BCUT2D eigenvalue weighted by atomic mass is 9.87. The zero-order chi connectivity index (χ0) is 14.3. The first-order valence-electron chi connectivity index (χ1n) is 7.44. The van der Waals surface area contributed by atoms with Gasteiger partial charge in [0.1, 0.15) is 0 Å². The lowest BCUT2D eigenvalue weighted by molar-refractivity contribution is -0.116. The Bertz CT molecular complexity index is 551. The van der Waals surface area contributed by atoms with E-state index in [0.717, 1.165) is 17.8 Å². The third kappa shape index (κ3) is 2.35. The van der Waals surface area contributed by atoms with Crippen molar-refractivity contribution in [2.24, 2.45) is 5.41 Å². The molecular weight excluding hydrogens is 250 g/mol. The van der Waals surface area contributed by atoms with E-state index in [2.05, 4.69) is 30.5 Å². The van der Waals surface area contributed by atoms with E-state index in [1.807, 2.05) is 6.07 Å². The van der Waals surface area contributed by atoms with Gasteiger partial charge < -0.3 is 16.4 Å². The van der Waals surface area contributed by atoms with Gasteiger partial charge >= 0.3 is 0 Å². The predicted molar refractivity (Wildman–Crippen MR) is 82.8 cm³/mol. The van der Waals surface area contributed by atoms with Crippen molar-refractivity contribution in [2.75, 3.05) is 16.4 Å². The molecule has 0 bridgehead atoms. The Hall–Kier alpha value is -1.71. The minimum Gasteiger partial charge on any atom is -0.397 e. The summed E-state index contributed by atoms with van der Waals surface area (Å²) in [5.74, 6) is 0.0783. The van der Waals surface area contributed by atoms with Crippen LogP contribution in [0.1, 0.15) is 45.1 Å². The molecule has 0 spiro atoms. The average molecular weight is 273 g/mol. The van der Waals surface area contributed by atoms with Gasteiger partial charge in [-0.25, -0.2) is 0 Å². The van der Waals surface area contributed by atoms with Crippen LogP contribution >= 0.6 is 0 Å². The molecule has 1 fully saturated rings. The fourth-order valence-corrected chi connectivity index (χ4v) is 3.35. The Morgan fingerprint density at radius 1 is 1.35 bits per heavy atom. The van der Waals surface area contributed by atoms with Crippen molar-refractivity contribution >= 4 is 23.0 Å². The maximum atomic E-state index is 11.4. The number of carbonyl (C=O) groups excluding carboxylic acids is 1. The van der Waals surface area contributed by atoms with Crippen LogP contribution in [0.2, 0.25) is 0 Å². The first-order chi connectivity index (χ1) is 9.45. The minimum absolute atomic E-state index is 0.0783. The summed E-state index contributed by atoms with van der Waals surface area (Å²) in [6, 6.07) is 4.47. The Labute approximate surface area is 120 Å². The highest BCUT2D eigenvalue weighted by Crippen LogP contribution is 2.40. The molecule has 20 heavy (non-hydrogen) atoms. The zero-order valence-electron chi connectivity index (χ0n) is 12.3. The molecule has 1 aromatic carbocycles. The largest absolute Gasteiger partial charge is 0.397 e. The van der Waals surface area contributed by atoms with E-state index < -0.39 is 0 Å². The van der Waals surface area contributed by atoms with Crippen LogP contribution in [0, 0.1) is 5.41 Å². The number of nitrogens with two attached hydrogens (primary N) is 1. The van der Waals surface area contributed by atoms with Crippen LogP contribution in [0.3, 0.4) is 0 Å². The smallest absolute Gasteiger partial charge is 0.224 e. The van der Waals surface area contributed by atoms with Gasteiger partial charge in [-0.05, 0) is 42.4 Å².